The number of aliphatic hydroxyl groups excluding tert-OH is 3. The molecule has 0 radical (unpaired) electrons. The maximum atomic E-state index is 14.7. The van der Waals surface area contributed by atoms with Gasteiger partial charge in [0.1, 0.15) is 37.1 Å². The summed E-state index contributed by atoms with van der Waals surface area (Å²) in [7, 11) is 0. The maximum Gasteiger partial charge on any atom is 0.509 e. The van der Waals surface area contributed by atoms with Crippen LogP contribution in [0.3, 0.4) is 0 Å². The van der Waals surface area contributed by atoms with E-state index in [1.54, 1.807) is 50.3 Å². The lowest BCUT2D eigenvalue weighted by molar-refractivity contribution is -0.200. The molecule has 2 aliphatic heterocycles. The van der Waals surface area contributed by atoms with Crippen LogP contribution in [-0.4, -0.2) is 162 Å². The molecule has 0 aromatic heterocycles. The Morgan fingerprint density at radius 1 is 0.860 bits per heavy atom. The molecule has 1 aromatic carbocycles. The van der Waals surface area contributed by atoms with Crippen LogP contribution in [-0.2, 0) is 63.8 Å². The quantitative estimate of drug-likeness (QED) is 0.0281. The summed E-state index contributed by atoms with van der Waals surface area (Å²) in [5.41, 5.74) is 19.4. The number of amides is 6. The first kappa shape index (κ1) is 72.1. The van der Waals surface area contributed by atoms with Crippen molar-refractivity contribution in [3.63, 3.8) is 0 Å². The number of ether oxygens (including phenoxy) is 6. The van der Waals surface area contributed by atoms with Gasteiger partial charge in [-0.2, -0.15) is 5.11 Å². The number of benzene rings is 1. The number of rotatable bonds is 30. The van der Waals surface area contributed by atoms with Gasteiger partial charge in [0, 0.05) is 41.2 Å². The highest BCUT2D eigenvalue weighted by Crippen LogP contribution is 2.70. The Hall–Kier alpha value is -6.72. The van der Waals surface area contributed by atoms with E-state index in [-0.39, 0.29) is 82.1 Å². The summed E-state index contributed by atoms with van der Waals surface area (Å²) < 4.78 is 35.9. The number of fused-ring (bicyclic) bond motifs is 7. The Balaban J connectivity index is 0.784. The van der Waals surface area contributed by atoms with Crippen LogP contribution >= 0.6 is 0 Å². The molecule has 8 rings (SSSR count). The number of primary amides is 1. The highest BCUT2D eigenvalue weighted by Gasteiger charge is 2.76. The summed E-state index contributed by atoms with van der Waals surface area (Å²) >= 11 is 0. The summed E-state index contributed by atoms with van der Waals surface area (Å²) in [6.07, 6.45) is 8.75. The molecule has 0 spiro atoms. The van der Waals surface area contributed by atoms with E-state index in [1.807, 2.05) is 19.9 Å². The third kappa shape index (κ3) is 17.2. The van der Waals surface area contributed by atoms with Crippen LogP contribution in [0, 0.1) is 40.0 Å². The van der Waals surface area contributed by atoms with Crippen LogP contribution < -0.4 is 43.4 Å². The average Bonchev–Trinajstić information content (AvgIpc) is 1.55. The zero-order chi connectivity index (χ0) is 67.2. The van der Waals surface area contributed by atoms with Crippen molar-refractivity contribution in [3.8, 4) is 0 Å². The number of Topliss-reactive ketones (excluding diaryl/α,β-unsaturated/α-hetero) is 1. The molecular weight excluding hydrogens is 1200 g/mol. The van der Waals surface area contributed by atoms with E-state index in [4.69, 9.17) is 45.4 Å². The topological polar surface area (TPSA) is 413 Å². The van der Waals surface area contributed by atoms with Crippen molar-refractivity contribution in [2.45, 2.75) is 224 Å². The second kappa shape index (κ2) is 32.6. The molecule has 514 valence electrons. The first-order valence-electron chi connectivity index (χ1n) is 33.2. The van der Waals surface area contributed by atoms with E-state index in [1.165, 1.54) is 0 Å². The molecule has 14 N–H and O–H groups in total. The van der Waals surface area contributed by atoms with E-state index in [0.29, 0.717) is 80.4 Å². The molecule has 27 heteroatoms. The molecule has 16 atom stereocenters. The minimum atomic E-state index is -1.49. The summed E-state index contributed by atoms with van der Waals surface area (Å²) in [6, 6.07) is 2.29. The number of aliphatic hydroxyl groups is 3. The molecule has 27 nitrogen and oxygen atoms in total. The molecule has 5 fully saturated rings. The molecule has 7 aliphatic rings. The number of carbonyl (C=O) groups is 8. The Labute approximate surface area is 543 Å². The van der Waals surface area contributed by atoms with Crippen LogP contribution in [0.4, 0.5) is 15.3 Å². The summed E-state index contributed by atoms with van der Waals surface area (Å²) in [5.74, 6) is -3.46. The first-order valence-corrected chi connectivity index (χ1v) is 33.2. The second-order valence-corrected chi connectivity index (χ2v) is 26.8. The Morgan fingerprint density at radius 3 is 2.34 bits per heavy atom. The molecule has 2 saturated heterocycles. The monoisotopic (exact) mass is 1300 g/mol. The van der Waals surface area contributed by atoms with E-state index in [0.717, 1.165) is 37.7 Å². The molecular formula is C66H98N10O17. The number of ketones is 2. The number of anilines is 1. The van der Waals surface area contributed by atoms with Gasteiger partial charge in [-0.25, -0.2) is 15.1 Å². The molecule has 93 heavy (non-hydrogen) atoms. The summed E-state index contributed by atoms with van der Waals surface area (Å²) in [4.78, 5) is 106. The molecule has 2 heterocycles. The van der Waals surface area contributed by atoms with Crippen LogP contribution in [0.15, 0.2) is 64.6 Å². The molecule has 4 unspecified atom stereocenters. The normalized spacial score (nSPS) is 31.5. The van der Waals surface area contributed by atoms with E-state index < -0.39 is 132 Å². The van der Waals surface area contributed by atoms with Gasteiger partial charge < -0.3 is 87.1 Å². The highest BCUT2D eigenvalue weighted by molar-refractivity contribution is 6.01. The second-order valence-electron chi connectivity index (χ2n) is 26.8. The highest BCUT2D eigenvalue weighted by atomic mass is 16.8. The van der Waals surface area contributed by atoms with Gasteiger partial charge >= 0.3 is 12.2 Å². The number of nitrogens with two attached hydrogens (primary N) is 2. The summed E-state index contributed by atoms with van der Waals surface area (Å²) in [5, 5.41) is 52.8. The third-order valence-electron chi connectivity index (χ3n) is 20.1. The molecule has 3 saturated carbocycles. The van der Waals surface area contributed by atoms with E-state index in [9.17, 15) is 53.7 Å². The minimum Gasteiger partial charge on any atom is -0.429 e. The third-order valence-corrected chi connectivity index (χ3v) is 20.1. The summed E-state index contributed by atoms with van der Waals surface area (Å²) in [6.45, 7) is 8.48. The number of allylic oxidation sites excluding steroid dienone is 5. The lowest BCUT2D eigenvalue weighted by Gasteiger charge is -2.59. The van der Waals surface area contributed by atoms with Crippen LogP contribution in [0.2, 0.25) is 0 Å². The smallest absolute Gasteiger partial charge is 0.429 e. The van der Waals surface area contributed by atoms with Crippen molar-refractivity contribution in [2.75, 3.05) is 38.2 Å². The van der Waals surface area contributed by atoms with E-state index >= 15 is 0 Å². The van der Waals surface area contributed by atoms with E-state index in [2.05, 4.69) is 43.9 Å². The standard InChI is InChI=1S/C66H98N10O17/c1-6-13-54-92-52-31-44-43-24-20-39-30-41(78)26-27-64(39,4)55(43)49(80)32-65(44,5)66(52,93-54)51(81)35-90-63(87)89-34-38-18-21-40(22-19-38)72-59(84)47(16-12-29-71-62(68)86)73-60(85)56(37(2)3)75-58(83)45(67)14-10-11-28-70-53(82)36-88-50-17-9-7-8-15-46(57(50)76-69)74-61-48(79)25-23-42(33-77)91-61/h18-19,21-22,26-27,30,37,42-45,47-50,52,54-56,61,69,74,77,79-80H,6-17,20,23-25,28-29,31-36,67H2,1-5H3,(H,70,82)(H,72,84)(H,73,85)(H,75,83)(H3,68,71,86)/b57-46-,76-69?/t42-,43-,44?,45+,47-,48+,49-,50?,52+,54?,55?,56-,61+,64-,65-,66+/m0/s1. The predicted octanol–water partition coefficient (Wildman–Crippen LogP) is 4.74. The number of nitrogens with zero attached hydrogens (tertiary/aromatic N) is 1. The number of hydrogen-bond acceptors (Lipinski definition) is 21. The first-order chi connectivity index (χ1) is 44.4. The fourth-order valence-electron chi connectivity index (χ4n) is 15.3. The van der Waals surface area contributed by atoms with Gasteiger partial charge in [0.05, 0.1) is 37.1 Å². The minimum absolute atomic E-state index is 0.00676. The van der Waals surface area contributed by atoms with Crippen molar-refractivity contribution in [3.05, 3.63) is 65.0 Å². The fraction of sp³-hybridized carbons (Fsp3) is 0.697. The average molecular weight is 1300 g/mol. The Bertz CT molecular complexity index is 2950. The van der Waals surface area contributed by atoms with Crippen LogP contribution in [0.25, 0.3) is 0 Å². The zero-order valence-corrected chi connectivity index (χ0v) is 54.3. The number of nitrogens with one attached hydrogen (secondary N) is 7. The van der Waals surface area contributed by atoms with Gasteiger partial charge in [-0.05, 0) is 144 Å². The lowest BCUT2D eigenvalue weighted by atomic mass is 9.46. The number of unbranched alkanes of at least 4 members (excludes halogenated alkanes) is 1. The predicted molar refractivity (Wildman–Crippen MR) is 336 cm³/mol. The van der Waals surface area contributed by atoms with Crippen molar-refractivity contribution in [2.24, 2.45) is 51.1 Å². The lowest BCUT2D eigenvalue weighted by Crippen LogP contribution is -2.63. The number of hydrogen-bond donors (Lipinski definition) is 12. The van der Waals surface area contributed by atoms with Crippen molar-refractivity contribution in [1.82, 2.24) is 26.6 Å². The van der Waals surface area contributed by atoms with Gasteiger partial charge in [0.2, 0.25) is 29.4 Å². The molecule has 5 aliphatic carbocycles. The number of urea groups is 1. The van der Waals surface area contributed by atoms with Gasteiger partial charge in [0.25, 0.3) is 0 Å². The maximum absolute atomic E-state index is 14.7. The van der Waals surface area contributed by atoms with Crippen molar-refractivity contribution < 1.29 is 82.1 Å². The molecule has 0 bridgehead atoms. The van der Waals surface area contributed by atoms with Gasteiger partial charge in [-0.1, -0.05) is 77.7 Å². The molecule has 1 aromatic rings. The van der Waals surface area contributed by atoms with Crippen LogP contribution in [0.1, 0.15) is 156 Å². The SMILES string of the molecule is CCCC1O[C@@H]2CC3[C@@H]4CCC5=CC(=O)C=C[C@]5(C)C4[C@@H](O)C[C@]3(C)[C@]2(C(=O)COC(=O)OCc2ccc(NC(=O)[C@H](CCCNC(N)=O)NC(=O)[C@@H](NC(=O)[C@H](N)CCCCNC(=O)COC3CCCCC/C(N[C@@H]4O[C@H](CO)CC[C@H]4O)=C\3N=N)C(C)C)cc2)O1. The van der Waals surface area contributed by atoms with Gasteiger partial charge in [0.15, 0.2) is 30.5 Å². The zero-order valence-electron chi connectivity index (χ0n) is 54.3. The van der Waals surface area contributed by atoms with Gasteiger partial charge in [-0.3, -0.25) is 28.8 Å². The Morgan fingerprint density at radius 2 is 1.62 bits per heavy atom. The van der Waals surface area contributed by atoms with Gasteiger partial charge in [-0.15, -0.1) is 0 Å². The van der Waals surface area contributed by atoms with Crippen LogP contribution in [0.5, 0.6) is 0 Å². The molecule has 6 amide bonds. The number of carbonyl (C=O) groups excluding carboxylic acids is 8. The Kier molecular flexibility index (Phi) is 25.3. The fourth-order valence-corrected chi connectivity index (χ4v) is 15.3. The van der Waals surface area contributed by atoms with Crippen molar-refractivity contribution in [1.29, 1.82) is 5.53 Å². The van der Waals surface area contributed by atoms with Crippen molar-refractivity contribution >= 4 is 53.1 Å². The largest absolute Gasteiger partial charge is 0.509 e.